The van der Waals surface area contributed by atoms with Crippen LogP contribution in [0.4, 0.5) is 4.79 Å². The molecule has 15 heavy (non-hydrogen) atoms. The first-order chi connectivity index (χ1) is 7.17. The van der Waals surface area contributed by atoms with Crippen LogP contribution in [0.2, 0.25) is 5.02 Å². The highest BCUT2D eigenvalue weighted by Gasteiger charge is 2.15. The molecule has 5 heteroatoms. The predicted molar refractivity (Wildman–Crippen MR) is 53.3 cm³/mol. The molecule has 0 radical (unpaired) electrons. The second kappa shape index (κ2) is 5.23. The maximum absolute atomic E-state index is 10.8. The predicted octanol–water partition coefficient (Wildman–Crippen LogP) is 2.69. The number of methoxy groups -OCH3 is 1. The summed E-state index contributed by atoms with van der Waals surface area (Å²) in [5.41, 5.74) is 0.548. The largest absolute Gasteiger partial charge is 0.509 e. The lowest BCUT2D eigenvalue weighted by Gasteiger charge is -2.09. The molecule has 1 aromatic rings. The summed E-state index contributed by atoms with van der Waals surface area (Å²) in [4.78, 5) is 10.8. The quantitative estimate of drug-likeness (QED) is 0.726. The number of nitrogens with zero attached hydrogens (tertiary/aromatic N) is 1. The zero-order valence-electron chi connectivity index (χ0n) is 7.94. The Bertz CT molecular complexity index is 383. The monoisotopic (exact) mass is 225 g/mol. The van der Waals surface area contributed by atoms with Gasteiger partial charge in [0, 0.05) is 10.6 Å². The summed E-state index contributed by atoms with van der Waals surface area (Å²) >= 11 is 5.68. The number of hydrogen-bond donors (Lipinski definition) is 0. The molecule has 0 fully saturated rings. The van der Waals surface area contributed by atoms with Crippen molar-refractivity contribution >= 4 is 17.8 Å². The first kappa shape index (κ1) is 11.3. The molecule has 0 saturated heterocycles. The SMILES string of the molecule is COC(=O)O[C@H](C#N)c1ccc(Cl)cc1. The fraction of sp³-hybridized carbons (Fsp3) is 0.200. The lowest BCUT2D eigenvalue weighted by molar-refractivity contribution is 0.0544. The molecular formula is C10H8ClNO3. The van der Waals surface area contributed by atoms with Gasteiger partial charge in [-0.05, 0) is 12.1 Å². The standard InChI is InChI=1S/C10H8ClNO3/c1-14-10(13)15-9(6-12)7-2-4-8(11)5-3-7/h2-5,9H,1H3/t9-/m1/s1. The third-order valence-electron chi connectivity index (χ3n) is 1.67. The Morgan fingerprint density at radius 1 is 1.47 bits per heavy atom. The number of nitriles is 1. The Balaban J connectivity index is 2.80. The van der Waals surface area contributed by atoms with Crippen LogP contribution < -0.4 is 0 Å². The summed E-state index contributed by atoms with van der Waals surface area (Å²) in [6.45, 7) is 0. The van der Waals surface area contributed by atoms with Crippen LogP contribution in [0.15, 0.2) is 24.3 Å². The molecule has 0 saturated carbocycles. The lowest BCUT2D eigenvalue weighted by Crippen LogP contribution is -2.09. The van der Waals surface area contributed by atoms with Crippen molar-refractivity contribution < 1.29 is 14.3 Å². The van der Waals surface area contributed by atoms with E-state index in [0.29, 0.717) is 10.6 Å². The first-order valence-corrected chi connectivity index (χ1v) is 4.45. The van der Waals surface area contributed by atoms with E-state index < -0.39 is 12.3 Å². The van der Waals surface area contributed by atoms with Crippen LogP contribution in [0, 0.1) is 11.3 Å². The molecule has 0 aliphatic heterocycles. The molecule has 0 unspecified atom stereocenters. The number of carbonyl (C=O) groups is 1. The van der Waals surface area contributed by atoms with Crippen LogP contribution in [0.3, 0.4) is 0 Å². The van der Waals surface area contributed by atoms with E-state index in [0.717, 1.165) is 0 Å². The van der Waals surface area contributed by atoms with Gasteiger partial charge in [-0.1, -0.05) is 23.7 Å². The van der Waals surface area contributed by atoms with E-state index in [-0.39, 0.29) is 0 Å². The summed E-state index contributed by atoms with van der Waals surface area (Å²) in [6.07, 6.45) is -1.87. The molecule has 1 aromatic carbocycles. The van der Waals surface area contributed by atoms with Crippen molar-refractivity contribution in [3.8, 4) is 6.07 Å². The van der Waals surface area contributed by atoms with Gasteiger partial charge in [-0.25, -0.2) is 4.79 Å². The molecule has 0 bridgehead atoms. The smallest absolute Gasteiger partial charge is 0.438 e. The fourth-order valence-electron chi connectivity index (χ4n) is 0.951. The molecule has 0 N–H and O–H groups in total. The molecular weight excluding hydrogens is 218 g/mol. The van der Waals surface area contributed by atoms with E-state index in [4.69, 9.17) is 21.6 Å². The van der Waals surface area contributed by atoms with Crippen molar-refractivity contribution in [1.29, 1.82) is 5.26 Å². The Kier molecular flexibility index (Phi) is 3.95. The summed E-state index contributed by atoms with van der Waals surface area (Å²) in [6, 6.07) is 8.28. The van der Waals surface area contributed by atoms with Gasteiger partial charge in [-0.15, -0.1) is 0 Å². The van der Waals surface area contributed by atoms with Crippen molar-refractivity contribution in [3.63, 3.8) is 0 Å². The number of benzene rings is 1. The Morgan fingerprint density at radius 2 is 2.07 bits per heavy atom. The van der Waals surface area contributed by atoms with E-state index in [1.807, 2.05) is 6.07 Å². The van der Waals surface area contributed by atoms with Crippen molar-refractivity contribution in [2.24, 2.45) is 0 Å². The third kappa shape index (κ3) is 3.15. The number of halogens is 1. The summed E-state index contributed by atoms with van der Waals surface area (Å²) < 4.78 is 9.00. The van der Waals surface area contributed by atoms with Gasteiger partial charge in [0.15, 0.2) is 0 Å². The normalized spacial score (nSPS) is 11.3. The van der Waals surface area contributed by atoms with E-state index >= 15 is 0 Å². The van der Waals surface area contributed by atoms with E-state index in [9.17, 15) is 4.79 Å². The Morgan fingerprint density at radius 3 is 2.53 bits per heavy atom. The van der Waals surface area contributed by atoms with E-state index in [1.165, 1.54) is 7.11 Å². The number of carbonyl (C=O) groups excluding carboxylic acids is 1. The van der Waals surface area contributed by atoms with E-state index in [2.05, 4.69) is 4.74 Å². The van der Waals surface area contributed by atoms with Crippen LogP contribution in [0.1, 0.15) is 11.7 Å². The highest BCUT2D eigenvalue weighted by atomic mass is 35.5. The second-order valence-electron chi connectivity index (χ2n) is 2.63. The van der Waals surface area contributed by atoms with Crippen molar-refractivity contribution in [2.75, 3.05) is 7.11 Å². The van der Waals surface area contributed by atoms with Gasteiger partial charge in [0.1, 0.15) is 6.07 Å². The maximum Gasteiger partial charge on any atom is 0.509 e. The molecule has 0 heterocycles. The minimum Gasteiger partial charge on any atom is -0.438 e. The van der Waals surface area contributed by atoms with Crippen LogP contribution >= 0.6 is 11.6 Å². The number of hydrogen-bond acceptors (Lipinski definition) is 4. The zero-order chi connectivity index (χ0) is 11.3. The minimum atomic E-state index is -0.977. The average molecular weight is 226 g/mol. The molecule has 1 atom stereocenters. The molecule has 4 nitrogen and oxygen atoms in total. The highest BCUT2D eigenvalue weighted by molar-refractivity contribution is 6.30. The number of ether oxygens (including phenoxy) is 2. The van der Waals surface area contributed by atoms with Gasteiger partial charge in [0.25, 0.3) is 0 Å². The maximum atomic E-state index is 10.8. The van der Waals surface area contributed by atoms with Crippen LogP contribution in [0.5, 0.6) is 0 Å². The molecule has 0 aromatic heterocycles. The van der Waals surface area contributed by atoms with Gasteiger partial charge >= 0.3 is 6.16 Å². The summed E-state index contributed by atoms with van der Waals surface area (Å²) in [7, 11) is 1.18. The van der Waals surface area contributed by atoms with Gasteiger partial charge in [-0.2, -0.15) is 5.26 Å². The lowest BCUT2D eigenvalue weighted by atomic mass is 10.1. The van der Waals surface area contributed by atoms with Gasteiger partial charge < -0.3 is 9.47 Å². The van der Waals surface area contributed by atoms with Crippen LogP contribution in [-0.4, -0.2) is 13.3 Å². The van der Waals surface area contributed by atoms with Gasteiger partial charge in [0.2, 0.25) is 6.10 Å². The topological polar surface area (TPSA) is 59.3 Å². The van der Waals surface area contributed by atoms with Crippen molar-refractivity contribution in [1.82, 2.24) is 0 Å². The second-order valence-corrected chi connectivity index (χ2v) is 3.07. The van der Waals surface area contributed by atoms with Gasteiger partial charge in [0.05, 0.1) is 7.11 Å². The van der Waals surface area contributed by atoms with Crippen LogP contribution in [-0.2, 0) is 9.47 Å². The highest BCUT2D eigenvalue weighted by Crippen LogP contribution is 2.19. The van der Waals surface area contributed by atoms with Crippen LogP contribution in [0.25, 0.3) is 0 Å². The van der Waals surface area contributed by atoms with Crippen molar-refractivity contribution in [2.45, 2.75) is 6.10 Å². The van der Waals surface area contributed by atoms with Crippen molar-refractivity contribution in [3.05, 3.63) is 34.9 Å². The fourth-order valence-corrected chi connectivity index (χ4v) is 1.08. The zero-order valence-corrected chi connectivity index (χ0v) is 8.69. The van der Waals surface area contributed by atoms with Gasteiger partial charge in [-0.3, -0.25) is 0 Å². The summed E-state index contributed by atoms with van der Waals surface area (Å²) in [5, 5.41) is 9.33. The molecule has 1 rings (SSSR count). The Hall–Kier alpha value is -1.73. The molecule has 0 aliphatic carbocycles. The third-order valence-corrected chi connectivity index (χ3v) is 1.92. The molecule has 0 aliphatic rings. The average Bonchev–Trinajstić information content (AvgIpc) is 2.27. The number of rotatable bonds is 2. The minimum absolute atomic E-state index is 0.548. The molecule has 0 amide bonds. The Labute approximate surface area is 92.0 Å². The molecule has 78 valence electrons. The summed E-state index contributed by atoms with van der Waals surface area (Å²) in [5.74, 6) is 0. The van der Waals surface area contributed by atoms with E-state index in [1.54, 1.807) is 24.3 Å². The molecule has 0 spiro atoms. The first-order valence-electron chi connectivity index (χ1n) is 4.07.